The van der Waals surface area contributed by atoms with Crippen molar-refractivity contribution >= 4 is 23.5 Å². The second kappa shape index (κ2) is 6.26. The average Bonchev–Trinajstić information content (AvgIpc) is 2.47. The van der Waals surface area contributed by atoms with Crippen LogP contribution in [-0.2, 0) is 6.42 Å². The Morgan fingerprint density at radius 3 is 2.86 bits per heavy atom. The van der Waals surface area contributed by atoms with Crippen LogP contribution >= 0.6 is 11.6 Å². The molecular weight excluding hydrogens is 286 g/mol. The lowest BCUT2D eigenvalue weighted by Crippen LogP contribution is -2.19. The van der Waals surface area contributed by atoms with Crippen LogP contribution in [0.25, 0.3) is 0 Å². The Labute approximate surface area is 129 Å². The summed E-state index contributed by atoms with van der Waals surface area (Å²) in [5, 5.41) is 6.65. The summed E-state index contributed by atoms with van der Waals surface area (Å²) in [5.74, 6) is 1.02. The van der Waals surface area contributed by atoms with Crippen molar-refractivity contribution in [2.45, 2.75) is 32.2 Å². The molecule has 0 amide bonds. The normalized spacial score (nSPS) is 17.1. The minimum atomic E-state index is 0.201. The number of fused-ring (bicyclic) bond motifs is 1. The van der Waals surface area contributed by atoms with Crippen molar-refractivity contribution < 1.29 is 0 Å². The van der Waals surface area contributed by atoms with Crippen LogP contribution in [0.1, 0.15) is 36.9 Å². The molecule has 1 unspecified atom stereocenters. The van der Waals surface area contributed by atoms with Gasteiger partial charge in [0.05, 0.1) is 6.04 Å². The Morgan fingerprint density at radius 2 is 2.00 bits per heavy atom. The molecule has 1 atom stereocenters. The molecule has 2 aromatic rings. The predicted molar refractivity (Wildman–Crippen MR) is 84.7 cm³/mol. The zero-order chi connectivity index (χ0) is 14.7. The molecule has 0 spiro atoms. The molecule has 0 saturated carbocycles. The molecule has 1 aromatic heterocycles. The molecule has 1 aliphatic rings. The van der Waals surface area contributed by atoms with Gasteiger partial charge in [0.1, 0.15) is 0 Å². The summed E-state index contributed by atoms with van der Waals surface area (Å²) in [4.78, 5) is 12.6. The average molecular weight is 304 g/mol. The van der Waals surface area contributed by atoms with E-state index in [4.69, 9.17) is 11.6 Å². The summed E-state index contributed by atoms with van der Waals surface area (Å²) in [6.45, 7) is 2.73. The molecule has 0 aliphatic heterocycles. The molecule has 0 saturated heterocycles. The molecule has 0 fully saturated rings. The van der Waals surface area contributed by atoms with Gasteiger partial charge in [-0.1, -0.05) is 24.3 Å². The second-order valence-electron chi connectivity index (χ2n) is 5.07. The fourth-order valence-electron chi connectivity index (χ4n) is 2.71. The Morgan fingerprint density at radius 1 is 1.19 bits per heavy atom. The van der Waals surface area contributed by atoms with Crippen molar-refractivity contribution in [2.24, 2.45) is 0 Å². The van der Waals surface area contributed by atoms with Crippen molar-refractivity contribution in [1.29, 1.82) is 0 Å². The number of nitrogens with zero attached hydrogens (tertiary/aromatic N) is 3. The van der Waals surface area contributed by atoms with Crippen LogP contribution in [0.2, 0.25) is 5.28 Å². The molecule has 1 aromatic carbocycles. The van der Waals surface area contributed by atoms with Gasteiger partial charge < -0.3 is 10.6 Å². The lowest BCUT2D eigenvalue weighted by atomic mass is 9.88. The number of anilines is 2. The number of nitrogens with one attached hydrogen (secondary N) is 2. The van der Waals surface area contributed by atoms with E-state index in [1.807, 2.05) is 6.92 Å². The summed E-state index contributed by atoms with van der Waals surface area (Å²) in [6, 6.07) is 8.74. The molecule has 21 heavy (non-hydrogen) atoms. The van der Waals surface area contributed by atoms with Gasteiger partial charge in [-0.3, -0.25) is 0 Å². The van der Waals surface area contributed by atoms with Crippen molar-refractivity contribution in [3.05, 3.63) is 40.7 Å². The van der Waals surface area contributed by atoms with Gasteiger partial charge in [0, 0.05) is 6.54 Å². The molecular formula is C15H18ClN5. The Balaban J connectivity index is 1.84. The van der Waals surface area contributed by atoms with Crippen LogP contribution in [0, 0.1) is 0 Å². The summed E-state index contributed by atoms with van der Waals surface area (Å²) < 4.78 is 0. The van der Waals surface area contributed by atoms with Crippen LogP contribution in [-0.4, -0.2) is 21.5 Å². The molecule has 2 N–H and O–H groups in total. The van der Waals surface area contributed by atoms with Crippen LogP contribution < -0.4 is 10.6 Å². The Hall–Kier alpha value is -1.88. The van der Waals surface area contributed by atoms with E-state index >= 15 is 0 Å². The standard InChI is InChI=1S/C15H18ClN5/c1-2-17-14-19-13(16)20-15(21-14)18-12-9-5-7-10-6-3-4-8-11(10)12/h3-4,6,8,12H,2,5,7,9H2,1H3,(H2,17,18,19,20,21). The van der Waals surface area contributed by atoms with Gasteiger partial charge in [-0.2, -0.15) is 15.0 Å². The molecule has 0 bridgehead atoms. The first-order chi connectivity index (χ1) is 10.3. The molecule has 1 heterocycles. The predicted octanol–water partition coefficient (Wildman–Crippen LogP) is 3.45. The number of halogens is 1. The first kappa shape index (κ1) is 14.1. The smallest absolute Gasteiger partial charge is 0.229 e. The molecule has 5 nitrogen and oxygen atoms in total. The van der Waals surface area contributed by atoms with E-state index in [9.17, 15) is 0 Å². The fraction of sp³-hybridized carbons (Fsp3) is 0.400. The first-order valence-electron chi connectivity index (χ1n) is 7.26. The number of hydrogen-bond donors (Lipinski definition) is 2. The first-order valence-corrected chi connectivity index (χ1v) is 7.64. The van der Waals surface area contributed by atoms with Gasteiger partial charge in [-0.15, -0.1) is 0 Å². The minimum Gasteiger partial charge on any atom is -0.354 e. The highest BCUT2D eigenvalue weighted by atomic mass is 35.5. The zero-order valence-electron chi connectivity index (χ0n) is 11.9. The SMILES string of the molecule is CCNc1nc(Cl)nc(NC2CCCc3ccccc32)n1. The van der Waals surface area contributed by atoms with Crippen molar-refractivity contribution in [1.82, 2.24) is 15.0 Å². The molecule has 110 valence electrons. The van der Waals surface area contributed by atoms with Gasteiger partial charge >= 0.3 is 0 Å². The van der Waals surface area contributed by atoms with E-state index in [0.717, 1.165) is 25.8 Å². The van der Waals surface area contributed by atoms with Crippen LogP contribution in [0.5, 0.6) is 0 Å². The van der Waals surface area contributed by atoms with Gasteiger partial charge in [0.15, 0.2) is 0 Å². The van der Waals surface area contributed by atoms with E-state index in [0.29, 0.717) is 11.9 Å². The highest BCUT2D eigenvalue weighted by molar-refractivity contribution is 6.28. The largest absolute Gasteiger partial charge is 0.354 e. The monoisotopic (exact) mass is 303 g/mol. The van der Waals surface area contributed by atoms with Crippen molar-refractivity contribution in [3.63, 3.8) is 0 Å². The van der Waals surface area contributed by atoms with Gasteiger partial charge in [0.25, 0.3) is 0 Å². The molecule has 0 radical (unpaired) electrons. The molecule has 3 rings (SSSR count). The topological polar surface area (TPSA) is 62.7 Å². The van der Waals surface area contributed by atoms with E-state index in [2.05, 4.69) is 49.9 Å². The van der Waals surface area contributed by atoms with Crippen molar-refractivity contribution in [3.8, 4) is 0 Å². The summed E-state index contributed by atoms with van der Waals surface area (Å²) in [6.07, 6.45) is 3.36. The van der Waals surface area contributed by atoms with Crippen LogP contribution in [0.4, 0.5) is 11.9 Å². The summed E-state index contributed by atoms with van der Waals surface area (Å²) in [5.41, 5.74) is 2.72. The highest BCUT2D eigenvalue weighted by Crippen LogP contribution is 2.31. The number of benzene rings is 1. The highest BCUT2D eigenvalue weighted by Gasteiger charge is 2.20. The second-order valence-corrected chi connectivity index (χ2v) is 5.41. The molecule has 1 aliphatic carbocycles. The Bertz CT molecular complexity index is 631. The number of aryl methyl sites for hydroxylation is 1. The van der Waals surface area contributed by atoms with Crippen LogP contribution in [0.3, 0.4) is 0 Å². The summed E-state index contributed by atoms with van der Waals surface area (Å²) >= 11 is 5.96. The zero-order valence-corrected chi connectivity index (χ0v) is 12.7. The Kier molecular flexibility index (Phi) is 4.20. The van der Waals surface area contributed by atoms with Gasteiger partial charge in [0.2, 0.25) is 17.2 Å². The van der Waals surface area contributed by atoms with Crippen molar-refractivity contribution in [2.75, 3.05) is 17.2 Å². The van der Waals surface area contributed by atoms with E-state index in [1.165, 1.54) is 11.1 Å². The third kappa shape index (κ3) is 3.24. The maximum absolute atomic E-state index is 5.96. The fourth-order valence-corrected chi connectivity index (χ4v) is 2.87. The lowest BCUT2D eigenvalue weighted by molar-refractivity contribution is 0.596. The number of aromatic nitrogens is 3. The van der Waals surface area contributed by atoms with E-state index in [1.54, 1.807) is 0 Å². The van der Waals surface area contributed by atoms with E-state index in [-0.39, 0.29) is 11.3 Å². The number of rotatable bonds is 4. The van der Waals surface area contributed by atoms with Gasteiger partial charge in [-0.05, 0) is 48.9 Å². The maximum Gasteiger partial charge on any atom is 0.229 e. The van der Waals surface area contributed by atoms with Crippen LogP contribution in [0.15, 0.2) is 24.3 Å². The number of hydrogen-bond acceptors (Lipinski definition) is 5. The summed E-state index contributed by atoms with van der Waals surface area (Å²) in [7, 11) is 0. The quantitative estimate of drug-likeness (QED) is 0.906. The van der Waals surface area contributed by atoms with E-state index < -0.39 is 0 Å². The maximum atomic E-state index is 5.96. The van der Waals surface area contributed by atoms with Gasteiger partial charge in [-0.25, -0.2) is 0 Å². The molecule has 6 heteroatoms. The third-order valence-electron chi connectivity index (χ3n) is 3.62. The minimum absolute atomic E-state index is 0.201. The third-order valence-corrected chi connectivity index (χ3v) is 3.78. The lowest BCUT2D eigenvalue weighted by Gasteiger charge is -2.26.